The van der Waals surface area contributed by atoms with E-state index in [2.05, 4.69) is 5.32 Å². The number of hydrogen-bond donors (Lipinski definition) is 2. The van der Waals surface area contributed by atoms with Crippen LogP contribution in [0.4, 0.5) is 11.4 Å². The summed E-state index contributed by atoms with van der Waals surface area (Å²) in [5.74, 6) is -0.575. The van der Waals surface area contributed by atoms with Crippen molar-refractivity contribution in [1.29, 1.82) is 0 Å². The van der Waals surface area contributed by atoms with Crippen LogP contribution in [0, 0.1) is 10.1 Å². The van der Waals surface area contributed by atoms with Gasteiger partial charge in [0, 0.05) is 24.4 Å². The molecule has 1 aromatic carbocycles. The molecule has 2 amide bonds. The summed E-state index contributed by atoms with van der Waals surface area (Å²) in [5.41, 5.74) is 5.92. The molecule has 21 heavy (non-hydrogen) atoms. The number of non-ortho nitro benzene ring substituents is 1. The fourth-order valence-corrected chi connectivity index (χ4v) is 2.08. The number of carbonyl (C=O) groups excluding carboxylic acids is 2. The lowest BCUT2D eigenvalue weighted by molar-refractivity contribution is -0.384. The molecule has 112 valence electrons. The van der Waals surface area contributed by atoms with Crippen molar-refractivity contribution in [3.05, 3.63) is 34.4 Å². The fraction of sp³-hybridized carbons (Fsp3) is 0.385. The summed E-state index contributed by atoms with van der Waals surface area (Å²) in [6.45, 7) is 2.09. The first kappa shape index (κ1) is 14.9. The molecular formula is C13H16N4O4. The third-order valence-corrected chi connectivity index (χ3v) is 3.34. The average Bonchev–Trinajstić information content (AvgIpc) is 2.37. The molecule has 1 saturated heterocycles. The molecule has 2 atom stereocenters. The number of benzene rings is 1. The van der Waals surface area contributed by atoms with Gasteiger partial charge >= 0.3 is 0 Å². The second-order valence-corrected chi connectivity index (χ2v) is 4.92. The number of nitrogens with one attached hydrogen (secondary N) is 1. The smallest absolute Gasteiger partial charge is 0.269 e. The number of nitro groups is 1. The average molecular weight is 292 g/mol. The molecule has 1 fully saturated rings. The van der Waals surface area contributed by atoms with Crippen molar-refractivity contribution in [2.45, 2.75) is 25.4 Å². The van der Waals surface area contributed by atoms with Gasteiger partial charge in [-0.3, -0.25) is 19.7 Å². The van der Waals surface area contributed by atoms with Crippen LogP contribution in [0.25, 0.3) is 0 Å². The van der Waals surface area contributed by atoms with Gasteiger partial charge in [-0.15, -0.1) is 0 Å². The Morgan fingerprint density at radius 1 is 1.43 bits per heavy atom. The zero-order valence-corrected chi connectivity index (χ0v) is 11.5. The number of amides is 2. The largest absolute Gasteiger partial charge is 0.329 e. The Morgan fingerprint density at radius 3 is 2.48 bits per heavy atom. The van der Waals surface area contributed by atoms with Crippen LogP contribution < -0.4 is 11.1 Å². The van der Waals surface area contributed by atoms with Crippen molar-refractivity contribution in [3.63, 3.8) is 0 Å². The van der Waals surface area contributed by atoms with Crippen LogP contribution in [0.3, 0.4) is 0 Å². The quantitative estimate of drug-likeness (QED) is 0.618. The third-order valence-electron chi connectivity index (χ3n) is 3.34. The van der Waals surface area contributed by atoms with Gasteiger partial charge < -0.3 is 16.0 Å². The Hall–Kier alpha value is -2.48. The normalized spacial score (nSPS) is 18.6. The fourth-order valence-electron chi connectivity index (χ4n) is 2.08. The Morgan fingerprint density at radius 2 is 2.05 bits per heavy atom. The molecule has 1 heterocycles. The molecule has 8 nitrogen and oxygen atoms in total. The zero-order chi connectivity index (χ0) is 15.6. The van der Waals surface area contributed by atoms with Crippen LogP contribution in [0.5, 0.6) is 0 Å². The summed E-state index contributed by atoms with van der Waals surface area (Å²) in [6.07, 6.45) is 0.581. The van der Waals surface area contributed by atoms with E-state index in [1.165, 1.54) is 29.2 Å². The van der Waals surface area contributed by atoms with Gasteiger partial charge in [0.05, 0.1) is 11.0 Å². The van der Waals surface area contributed by atoms with Crippen molar-refractivity contribution in [2.24, 2.45) is 5.73 Å². The topological polar surface area (TPSA) is 119 Å². The summed E-state index contributed by atoms with van der Waals surface area (Å²) >= 11 is 0. The standard InChI is InChI=1S/C13H16N4O4/c1-8(14)13(19)16-7-6-11(16)12(18)15-9-2-4-10(5-3-9)17(20)21/h2-5,8,11H,6-7,14H2,1H3,(H,15,18)/t8-,11-/m0/s1. The van der Waals surface area contributed by atoms with Gasteiger partial charge in [-0.05, 0) is 25.5 Å². The highest BCUT2D eigenvalue weighted by Gasteiger charge is 2.38. The van der Waals surface area contributed by atoms with Crippen molar-refractivity contribution >= 4 is 23.2 Å². The molecule has 0 aliphatic carbocycles. The summed E-state index contributed by atoms with van der Waals surface area (Å²) in [7, 11) is 0. The Balaban J connectivity index is 1.98. The minimum atomic E-state index is -0.639. The van der Waals surface area contributed by atoms with Crippen LogP contribution in [-0.2, 0) is 9.59 Å². The van der Waals surface area contributed by atoms with Gasteiger partial charge in [-0.1, -0.05) is 0 Å². The second kappa shape index (κ2) is 5.88. The van der Waals surface area contributed by atoms with Gasteiger partial charge in [-0.25, -0.2) is 0 Å². The Kier molecular flexibility index (Phi) is 4.18. The minimum absolute atomic E-state index is 0.0506. The van der Waals surface area contributed by atoms with E-state index in [0.29, 0.717) is 18.7 Å². The highest BCUT2D eigenvalue weighted by molar-refractivity contribution is 5.98. The molecular weight excluding hydrogens is 276 g/mol. The molecule has 2 rings (SSSR count). The first-order chi connectivity index (χ1) is 9.90. The molecule has 0 unspecified atom stereocenters. The molecule has 8 heteroatoms. The summed E-state index contributed by atoms with van der Waals surface area (Å²) in [4.78, 5) is 35.3. The van der Waals surface area contributed by atoms with Crippen molar-refractivity contribution < 1.29 is 14.5 Å². The lowest BCUT2D eigenvalue weighted by atomic mass is 10.0. The summed E-state index contributed by atoms with van der Waals surface area (Å²) in [5, 5.41) is 13.2. The number of hydrogen-bond acceptors (Lipinski definition) is 5. The van der Waals surface area contributed by atoms with Crippen molar-refractivity contribution in [3.8, 4) is 0 Å². The van der Waals surface area contributed by atoms with Gasteiger partial charge in [0.1, 0.15) is 6.04 Å². The predicted octanol–water partition coefficient (Wildman–Crippen LogP) is 0.481. The number of anilines is 1. The van der Waals surface area contributed by atoms with Crippen LogP contribution in [0.1, 0.15) is 13.3 Å². The zero-order valence-electron chi connectivity index (χ0n) is 11.5. The van der Waals surface area contributed by atoms with E-state index in [4.69, 9.17) is 5.73 Å². The molecule has 1 aromatic rings. The highest BCUT2D eigenvalue weighted by Crippen LogP contribution is 2.21. The van der Waals surface area contributed by atoms with Gasteiger partial charge in [0.25, 0.3) is 5.69 Å². The molecule has 0 bridgehead atoms. The van der Waals surface area contributed by atoms with Gasteiger partial charge in [0.15, 0.2) is 0 Å². The molecule has 0 saturated carbocycles. The molecule has 0 aromatic heterocycles. The maximum atomic E-state index is 12.1. The number of nitrogens with two attached hydrogens (primary N) is 1. The maximum Gasteiger partial charge on any atom is 0.269 e. The monoisotopic (exact) mass is 292 g/mol. The van der Waals surface area contributed by atoms with Crippen LogP contribution >= 0.6 is 0 Å². The van der Waals surface area contributed by atoms with E-state index < -0.39 is 17.0 Å². The van der Waals surface area contributed by atoms with Crippen LogP contribution in [-0.4, -0.2) is 40.3 Å². The summed E-state index contributed by atoms with van der Waals surface area (Å²) < 4.78 is 0. The Labute approximate surface area is 121 Å². The van der Waals surface area contributed by atoms with Gasteiger partial charge in [-0.2, -0.15) is 0 Å². The first-order valence-corrected chi connectivity index (χ1v) is 6.51. The second-order valence-electron chi connectivity index (χ2n) is 4.92. The Bertz CT molecular complexity index is 570. The lowest BCUT2D eigenvalue weighted by Crippen LogP contribution is -2.60. The van der Waals surface area contributed by atoms with E-state index in [1.54, 1.807) is 6.92 Å². The van der Waals surface area contributed by atoms with E-state index in [9.17, 15) is 19.7 Å². The molecule has 0 spiro atoms. The molecule has 1 aliphatic heterocycles. The first-order valence-electron chi connectivity index (χ1n) is 6.51. The predicted molar refractivity (Wildman–Crippen MR) is 75.5 cm³/mol. The number of rotatable bonds is 4. The highest BCUT2D eigenvalue weighted by atomic mass is 16.6. The third kappa shape index (κ3) is 3.16. The lowest BCUT2D eigenvalue weighted by Gasteiger charge is -2.40. The number of likely N-dealkylation sites (tertiary alicyclic amines) is 1. The van der Waals surface area contributed by atoms with E-state index in [0.717, 1.165) is 0 Å². The number of nitro benzene ring substituents is 1. The number of nitrogens with zero attached hydrogens (tertiary/aromatic N) is 2. The van der Waals surface area contributed by atoms with E-state index in [-0.39, 0.29) is 17.5 Å². The van der Waals surface area contributed by atoms with Crippen molar-refractivity contribution in [2.75, 3.05) is 11.9 Å². The van der Waals surface area contributed by atoms with E-state index >= 15 is 0 Å². The minimum Gasteiger partial charge on any atom is -0.329 e. The maximum absolute atomic E-state index is 12.1. The molecule has 1 aliphatic rings. The molecule has 0 radical (unpaired) electrons. The molecule has 3 N–H and O–H groups in total. The van der Waals surface area contributed by atoms with Crippen LogP contribution in [0.15, 0.2) is 24.3 Å². The SMILES string of the molecule is C[C@H](N)C(=O)N1CC[C@H]1C(=O)Nc1ccc([N+](=O)[O-])cc1. The summed E-state index contributed by atoms with van der Waals surface area (Å²) in [6, 6.07) is 4.35. The van der Waals surface area contributed by atoms with Gasteiger partial charge in [0.2, 0.25) is 11.8 Å². The van der Waals surface area contributed by atoms with Crippen molar-refractivity contribution in [1.82, 2.24) is 4.90 Å². The van der Waals surface area contributed by atoms with E-state index in [1.807, 2.05) is 0 Å². The number of carbonyl (C=O) groups is 2. The van der Waals surface area contributed by atoms with Crippen LogP contribution in [0.2, 0.25) is 0 Å².